The number of aromatic nitrogens is 4. The van der Waals surface area contributed by atoms with Crippen LogP contribution in [0.25, 0.3) is 11.0 Å². The number of hydrogen-bond donors (Lipinski definition) is 1. The highest BCUT2D eigenvalue weighted by molar-refractivity contribution is 5.80. The van der Waals surface area contributed by atoms with Crippen molar-refractivity contribution in [2.75, 3.05) is 5.73 Å². The Labute approximate surface area is 123 Å². The van der Waals surface area contributed by atoms with Gasteiger partial charge in [-0.1, -0.05) is 25.9 Å². The van der Waals surface area contributed by atoms with E-state index < -0.39 is 0 Å². The van der Waals surface area contributed by atoms with Crippen LogP contribution in [-0.2, 0) is 12.0 Å². The Morgan fingerprint density at radius 2 is 2.00 bits per heavy atom. The average molecular weight is 285 g/mol. The van der Waals surface area contributed by atoms with Gasteiger partial charge in [-0.2, -0.15) is 4.98 Å². The van der Waals surface area contributed by atoms with E-state index >= 15 is 0 Å². The number of nitrogens with two attached hydrogens (primary N) is 1. The van der Waals surface area contributed by atoms with Crippen LogP contribution in [0.15, 0.2) is 22.7 Å². The van der Waals surface area contributed by atoms with Crippen molar-refractivity contribution in [3.05, 3.63) is 35.7 Å². The van der Waals surface area contributed by atoms with Crippen molar-refractivity contribution < 1.29 is 4.52 Å². The van der Waals surface area contributed by atoms with Gasteiger partial charge in [-0.3, -0.25) is 0 Å². The molecule has 110 valence electrons. The minimum atomic E-state index is -0.0944. The van der Waals surface area contributed by atoms with Crippen molar-refractivity contribution in [2.45, 2.75) is 39.7 Å². The molecule has 0 fully saturated rings. The zero-order valence-corrected chi connectivity index (χ0v) is 12.7. The van der Waals surface area contributed by atoms with Gasteiger partial charge in [0.1, 0.15) is 12.4 Å². The van der Waals surface area contributed by atoms with Crippen LogP contribution < -0.4 is 5.73 Å². The van der Waals surface area contributed by atoms with Crippen molar-refractivity contribution in [2.24, 2.45) is 0 Å². The predicted molar refractivity (Wildman–Crippen MR) is 81.0 cm³/mol. The molecule has 0 aliphatic carbocycles. The fourth-order valence-corrected chi connectivity index (χ4v) is 2.42. The number of anilines is 1. The fourth-order valence-electron chi connectivity index (χ4n) is 2.42. The van der Waals surface area contributed by atoms with Crippen molar-refractivity contribution >= 4 is 16.7 Å². The minimum absolute atomic E-state index is 0.0944. The summed E-state index contributed by atoms with van der Waals surface area (Å²) in [6, 6.07) is 5.75. The molecule has 3 aromatic rings. The van der Waals surface area contributed by atoms with Crippen molar-refractivity contribution in [1.82, 2.24) is 19.7 Å². The average Bonchev–Trinajstić information content (AvgIpc) is 2.93. The van der Waals surface area contributed by atoms with Crippen LogP contribution in [0, 0.1) is 6.92 Å². The van der Waals surface area contributed by atoms with Gasteiger partial charge in [0, 0.05) is 11.1 Å². The van der Waals surface area contributed by atoms with E-state index in [2.05, 4.69) is 35.5 Å². The van der Waals surface area contributed by atoms with Crippen LogP contribution in [0.3, 0.4) is 0 Å². The van der Waals surface area contributed by atoms with Gasteiger partial charge in [0.15, 0.2) is 5.82 Å². The first-order chi connectivity index (χ1) is 9.84. The lowest BCUT2D eigenvalue weighted by Crippen LogP contribution is -2.19. The molecule has 2 N–H and O–H groups in total. The van der Waals surface area contributed by atoms with Gasteiger partial charge in [-0.05, 0) is 25.1 Å². The van der Waals surface area contributed by atoms with Crippen molar-refractivity contribution in [1.29, 1.82) is 0 Å². The lowest BCUT2D eigenvalue weighted by molar-refractivity contribution is 0.364. The van der Waals surface area contributed by atoms with Crippen molar-refractivity contribution in [3.8, 4) is 0 Å². The lowest BCUT2D eigenvalue weighted by Gasteiger charge is -2.19. The number of hydrogen-bond acceptors (Lipinski definition) is 5. The molecule has 0 atom stereocenters. The SMILES string of the molecule is Cc1noc(Cn2c(C(C)(C)C)nc3cc(N)ccc32)n1. The summed E-state index contributed by atoms with van der Waals surface area (Å²) in [6.45, 7) is 8.71. The maximum absolute atomic E-state index is 5.86. The fraction of sp³-hybridized carbons (Fsp3) is 0.400. The Hall–Kier alpha value is -2.37. The quantitative estimate of drug-likeness (QED) is 0.732. The van der Waals surface area contributed by atoms with Gasteiger partial charge in [-0.25, -0.2) is 4.98 Å². The second-order valence-electron chi connectivity index (χ2n) is 6.26. The third-order valence-electron chi connectivity index (χ3n) is 3.31. The van der Waals surface area contributed by atoms with Gasteiger partial charge < -0.3 is 14.8 Å². The molecule has 0 unspecified atom stereocenters. The highest BCUT2D eigenvalue weighted by Gasteiger charge is 2.24. The summed E-state index contributed by atoms with van der Waals surface area (Å²) in [5.41, 5.74) is 8.38. The molecule has 6 heteroatoms. The number of nitrogens with zero attached hydrogens (tertiary/aromatic N) is 4. The highest BCUT2D eigenvalue weighted by Crippen LogP contribution is 2.28. The van der Waals surface area contributed by atoms with Crippen LogP contribution in [0.1, 0.15) is 38.3 Å². The molecule has 0 spiro atoms. The first-order valence-corrected chi connectivity index (χ1v) is 6.90. The molecule has 3 rings (SSSR count). The molecular formula is C15H19N5O. The maximum Gasteiger partial charge on any atom is 0.246 e. The molecule has 0 aliphatic rings. The molecule has 0 radical (unpaired) electrons. The summed E-state index contributed by atoms with van der Waals surface area (Å²) < 4.78 is 7.36. The summed E-state index contributed by atoms with van der Waals surface area (Å²) in [4.78, 5) is 9.02. The summed E-state index contributed by atoms with van der Waals surface area (Å²) >= 11 is 0. The molecule has 2 heterocycles. The molecule has 0 aliphatic heterocycles. The van der Waals surface area contributed by atoms with Crippen LogP contribution >= 0.6 is 0 Å². The number of fused-ring (bicyclic) bond motifs is 1. The Balaban J connectivity index is 2.17. The van der Waals surface area contributed by atoms with Crippen molar-refractivity contribution in [3.63, 3.8) is 0 Å². The summed E-state index contributed by atoms with van der Waals surface area (Å²) in [7, 11) is 0. The smallest absolute Gasteiger partial charge is 0.246 e. The van der Waals surface area contributed by atoms with Gasteiger partial charge in [0.2, 0.25) is 5.89 Å². The van der Waals surface area contributed by atoms with Gasteiger partial charge in [0.05, 0.1) is 11.0 Å². The van der Waals surface area contributed by atoms with E-state index in [9.17, 15) is 0 Å². The monoisotopic (exact) mass is 285 g/mol. The summed E-state index contributed by atoms with van der Waals surface area (Å²) in [5, 5.41) is 3.84. The number of imidazole rings is 1. The Morgan fingerprint density at radius 1 is 1.24 bits per heavy atom. The summed E-state index contributed by atoms with van der Waals surface area (Å²) in [6.07, 6.45) is 0. The molecule has 21 heavy (non-hydrogen) atoms. The second-order valence-corrected chi connectivity index (χ2v) is 6.26. The number of benzene rings is 1. The number of nitrogen functional groups attached to an aromatic ring is 1. The van der Waals surface area contributed by atoms with Gasteiger partial charge in [0.25, 0.3) is 0 Å². The number of rotatable bonds is 2. The topological polar surface area (TPSA) is 82.8 Å². The third-order valence-corrected chi connectivity index (χ3v) is 3.31. The largest absolute Gasteiger partial charge is 0.399 e. The normalized spacial score (nSPS) is 12.2. The highest BCUT2D eigenvalue weighted by atomic mass is 16.5. The van der Waals surface area contributed by atoms with Gasteiger partial charge in [-0.15, -0.1) is 0 Å². The van der Waals surface area contributed by atoms with E-state index in [0.29, 0.717) is 23.9 Å². The maximum atomic E-state index is 5.86. The van der Waals surface area contributed by atoms with Gasteiger partial charge >= 0.3 is 0 Å². The molecule has 1 aromatic carbocycles. The molecule has 0 bridgehead atoms. The van der Waals surface area contributed by atoms with E-state index in [4.69, 9.17) is 15.2 Å². The van der Waals surface area contributed by atoms with E-state index in [0.717, 1.165) is 16.9 Å². The Morgan fingerprint density at radius 3 is 2.62 bits per heavy atom. The van der Waals surface area contributed by atoms with E-state index in [1.807, 2.05) is 25.1 Å². The first-order valence-electron chi connectivity index (χ1n) is 6.90. The second kappa shape index (κ2) is 4.58. The van der Waals surface area contributed by atoms with Crippen LogP contribution in [0.4, 0.5) is 5.69 Å². The van der Waals surface area contributed by atoms with Crippen LogP contribution in [0.5, 0.6) is 0 Å². The molecule has 0 amide bonds. The van der Waals surface area contributed by atoms with Crippen LogP contribution in [0.2, 0.25) is 0 Å². The summed E-state index contributed by atoms with van der Waals surface area (Å²) in [5.74, 6) is 2.18. The molecular weight excluding hydrogens is 266 g/mol. The number of aryl methyl sites for hydroxylation is 1. The lowest BCUT2D eigenvalue weighted by atomic mass is 9.95. The molecule has 0 saturated heterocycles. The Kier molecular flexibility index (Phi) is 2.97. The zero-order valence-electron chi connectivity index (χ0n) is 12.7. The third kappa shape index (κ3) is 2.49. The predicted octanol–water partition coefficient (Wildman–Crippen LogP) is 2.66. The van der Waals surface area contributed by atoms with E-state index in [1.165, 1.54) is 0 Å². The van der Waals surface area contributed by atoms with E-state index in [1.54, 1.807) is 0 Å². The zero-order chi connectivity index (χ0) is 15.2. The molecule has 2 aromatic heterocycles. The van der Waals surface area contributed by atoms with E-state index in [-0.39, 0.29) is 5.41 Å². The standard InChI is InChI=1S/C15H19N5O/c1-9-17-13(21-19-9)8-20-12-6-5-10(16)7-11(12)18-14(20)15(2,3)4/h5-7H,8,16H2,1-4H3. The Bertz CT molecular complexity index is 794. The minimum Gasteiger partial charge on any atom is -0.399 e. The molecule has 0 saturated carbocycles. The van der Waals surface area contributed by atoms with Crippen LogP contribution in [-0.4, -0.2) is 19.7 Å². The first kappa shape index (κ1) is 13.6. The molecule has 6 nitrogen and oxygen atoms in total.